The predicted octanol–water partition coefficient (Wildman–Crippen LogP) is 4.32. The lowest BCUT2D eigenvalue weighted by atomic mass is 9.77. The molecule has 1 fully saturated rings. The van der Waals surface area contributed by atoms with Crippen LogP contribution in [0.2, 0.25) is 0 Å². The van der Waals surface area contributed by atoms with Crippen LogP contribution >= 0.6 is 0 Å². The lowest BCUT2D eigenvalue weighted by molar-refractivity contribution is -0.147. The summed E-state index contributed by atoms with van der Waals surface area (Å²) in [7, 11) is 2.09. The van der Waals surface area contributed by atoms with E-state index in [0.29, 0.717) is 5.56 Å². The smallest absolute Gasteiger partial charge is 0.316 e. The second-order valence-corrected chi connectivity index (χ2v) is 11.8. The van der Waals surface area contributed by atoms with E-state index in [2.05, 4.69) is 45.0 Å². The van der Waals surface area contributed by atoms with E-state index in [4.69, 9.17) is 0 Å². The van der Waals surface area contributed by atoms with E-state index >= 15 is 0 Å². The summed E-state index contributed by atoms with van der Waals surface area (Å²) in [6, 6.07) is 1.82. The lowest BCUT2D eigenvalue weighted by Crippen LogP contribution is -2.63. The maximum Gasteiger partial charge on any atom is 0.316 e. The number of nitrogens with one attached hydrogen (secondary N) is 1. The molecule has 0 aromatic heterocycles. The Morgan fingerprint density at radius 3 is 2.09 bits per heavy atom. The highest BCUT2D eigenvalue weighted by Gasteiger charge is 2.44. The van der Waals surface area contributed by atoms with E-state index in [0.717, 1.165) is 29.5 Å². The number of phenols is 1. The van der Waals surface area contributed by atoms with Crippen molar-refractivity contribution < 1.29 is 19.8 Å². The highest BCUT2D eigenvalue weighted by Crippen LogP contribution is 2.38. The molecule has 1 atom stereocenters. The number of carboxylic acid groups (broad SMARTS) is 1. The van der Waals surface area contributed by atoms with Gasteiger partial charge in [-0.15, -0.1) is 0 Å². The van der Waals surface area contributed by atoms with Crippen molar-refractivity contribution in [2.75, 3.05) is 7.05 Å². The lowest BCUT2D eigenvalue weighted by Gasteiger charge is -2.53. The molecule has 180 valence electrons. The van der Waals surface area contributed by atoms with E-state index in [9.17, 15) is 19.8 Å². The van der Waals surface area contributed by atoms with Gasteiger partial charge in [0.05, 0.1) is 0 Å². The Morgan fingerprint density at radius 2 is 1.66 bits per heavy atom. The number of carbonyl (C=O) groups is 2. The molecular formula is C26H42N2O4. The van der Waals surface area contributed by atoms with E-state index in [1.54, 1.807) is 6.92 Å². The Morgan fingerprint density at radius 1 is 1.16 bits per heavy atom. The van der Waals surface area contributed by atoms with Gasteiger partial charge in [-0.3, -0.25) is 14.5 Å². The minimum atomic E-state index is -1.21. The van der Waals surface area contributed by atoms with Crippen molar-refractivity contribution in [2.24, 2.45) is 5.92 Å². The zero-order chi connectivity index (χ0) is 24.8. The molecule has 0 saturated carbocycles. The van der Waals surface area contributed by atoms with Gasteiger partial charge in [0.1, 0.15) is 11.7 Å². The van der Waals surface area contributed by atoms with Gasteiger partial charge in [0.2, 0.25) is 5.91 Å². The molecule has 1 aliphatic heterocycles. The van der Waals surface area contributed by atoms with Crippen LogP contribution in [0.3, 0.4) is 0 Å². The second kappa shape index (κ2) is 8.69. The topological polar surface area (TPSA) is 89.9 Å². The molecule has 1 aromatic carbocycles. The number of carbonyl (C=O) groups excluding carboxylic acids is 1. The number of aryl methyl sites for hydroxylation is 1. The van der Waals surface area contributed by atoms with Crippen LogP contribution in [0.5, 0.6) is 5.75 Å². The number of rotatable bonds is 5. The van der Waals surface area contributed by atoms with Crippen LogP contribution in [0.4, 0.5) is 0 Å². The Kier molecular flexibility index (Phi) is 7.11. The summed E-state index contributed by atoms with van der Waals surface area (Å²) >= 11 is 0. The molecule has 0 radical (unpaired) electrons. The number of carboxylic acids is 1. The molecule has 6 heteroatoms. The highest BCUT2D eigenvalue weighted by molar-refractivity contribution is 5.97. The molecule has 1 heterocycles. The molecule has 1 amide bonds. The second-order valence-electron chi connectivity index (χ2n) is 11.8. The van der Waals surface area contributed by atoms with Gasteiger partial charge in [-0.1, -0.05) is 26.8 Å². The number of hydrogen-bond donors (Lipinski definition) is 3. The number of aliphatic carboxylic acids is 1. The molecule has 0 bridgehead atoms. The number of hydrogen-bond acceptors (Lipinski definition) is 4. The van der Waals surface area contributed by atoms with E-state index in [1.807, 2.05) is 33.8 Å². The van der Waals surface area contributed by atoms with E-state index in [1.165, 1.54) is 0 Å². The van der Waals surface area contributed by atoms with Crippen LogP contribution < -0.4 is 5.32 Å². The molecule has 1 unspecified atom stereocenters. The standard InChI is InChI=1S/C26H42N2O4/c1-15-11-20(24(3,4)5)21(29)16(2)18(15)12-19(23(31)32)22(30)27-17-13-25(6,7)28(10)26(8,9)14-17/h11,17,19,29H,12-14H2,1-10H3,(H,27,30)(H,31,32). The first-order chi connectivity index (χ1) is 14.4. The molecule has 3 N–H and O–H groups in total. The minimum Gasteiger partial charge on any atom is -0.507 e. The zero-order valence-electron chi connectivity index (χ0n) is 21.5. The van der Waals surface area contributed by atoms with Gasteiger partial charge in [-0.05, 0) is 95.5 Å². The summed E-state index contributed by atoms with van der Waals surface area (Å²) in [5.41, 5.74) is 2.63. The van der Waals surface area contributed by atoms with Crippen LogP contribution in [-0.2, 0) is 21.4 Å². The van der Waals surface area contributed by atoms with Gasteiger partial charge in [-0.25, -0.2) is 0 Å². The van der Waals surface area contributed by atoms with Gasteiger partial charge in [-0.2, -0.15) is 0 Å². The molecular weight excluding hydrogens is 404 g/mol. The number of phenolic OH excluding ortho intramolecular Hbond substituents is 1. The number of benzene rings is 1. The molecule has 2 rings (SSSR count). The van der Waals surface area contributed by atoms with Crippen LogP contribution in [0, 0.1) is 19.8 Å². The average Bonchev–Trinajstić information content (AvgIpc) is 2.60. The average molecular weight is 447 g/mol. The van der Waals surface area contributed by atoms with E-state index < -0.39 is 17.8 Å². The quantitative estimate of drug-likeness (QED) is 0.586. The number of amides is 1. The van der Waals surface area contributed by atoms with Gasteiger partial charge < -0.3 is 15.5 Å². The summed E-state index contributed by atoms with van der Waals surface area (Å²) in [5, 5.41) is 23.7. The minimum absolute atomic E-state index is 0.0518. The highest BCUT2D eigenvalue weighted by atomic mass is 16.4. The fraction of sp³-hybridized carbons (Fsp3) is 0.692. The molecule has 0 aliphatic carbocycles. The maximum absolute atomic E-state index is 13.1. The van der Waals surface area contributed by atoms with E-state index in [-0.39, 0.29) is 34.7 Å². The van der Waals surface area contributed by atoms with Crippen molar-refractivity contribution in [1.82, 2.24) is 10.2 Å². The first-order valence-electron chi connectivity index (χ1n) is 11.5. The number of piperidine rings is 1. The van der Waals surface area contributed by atoms with Crippen molar-refractivity contribution in [3.05, 3.63) is 28.3 Å². The number of aromatic hydroxyl groups is 1. The third-order valence-corrected chi connectivity index (χ3v) is 7.38. The van der Waals surface area contributed by atoms with Crippen LogP contribution in [-0.4, -0.2) is 51.2 Å². The maximum atomic E-state index is 13.1. The molecule has 1 aromatic rings. The van der Waals surface area contributed by atoms with Crippen molar-refractivity contribution in [3.8, 4) is 5.75 Å². The summed E-state index contributed by atoms with van der Waals surface area (Å²) in [4.78, 5) is 27.5. The first kappa shape index (κ1) is 26.2. The van der Waals surface area contributed by atoms with Gasteiger partial charge >= 0.3 is 5.97 Å². The Labute approximate surface area is 193 Å². The molecule has 1 aliphatic rings. The van der Waals surface area contributed by atoms with Crippen molar-refractivity contribution in [3.63, 3.8) is 0 Å². The zero-order valence-corrected chi connectivity index (χ0v) is 21.5. The van der Waals surface area contributed by atoms with Crippen LogP contribution in [0.25, 0.3) is 0 Å². The number of nitrogens with zero attached hydrogens (tertiary/aromatic N) is 1. The largest absolute Gasteiger partial charge is 0.507 e. The molecule has 6 nitrogen and oxygen atoms in total. The molecule has 32 heavy (non-hydrogen) atoms. The molecule has 1 saturated heterocycles. The number of likely N-dealkylation sites (tertiary alicyclic amines) is 1. The predicted molar refractivity (Wildman–Crippen MR) is 128 cm³/mol. The van der Waals surface area contributed by atoms with Gasteiger partial charge in [0.25, 0.3) is 0 Å². The van der Waals surface area contributed by atoms with Crippen molar-refractivity contribution in [2.45, 2.75) is 104 Å². The van der Waals surface area contributed by atoms with Crippen molar-refractivity contribution >= 4 is 11.9 Å². The van der Waals surface area contributed by atoms with Crippen LogP contribution in [0.15, 0.2) is 6.07 Å². The van der Waals surface area contributed by atoms with Gasteiger partial charge in [0.15, 0.2) is 0 Å². The summed E-state index contributed by atoms with van der Waals surface area (Å²) in [5.74, 6) is -2.64. The molecule has 0 spiro atoms. The fourth-order valence-corrected chi connectivity index (χ4v) is 5.17. The Hall–Kier alpha value is -2.08. The Bertz CT molecular complexity index is 878. The van der Waals surface area contributed by atoms with Crippen LogP contribution in [0.1, 0.15) is 83.6 Å². The Balaban J connectivity index is 2.30. The monoisotopic (exact) mass is 446 g/mol. The third-order valence-electron chi connectivity index (χ3n) is 7.38. The SMILES string of the molecule is Cc1cc(C(C)(C)C)c(O)c(C)c1CC(C(=O)O)C(=O)NC1CC(C)(C)N(C)C(C)(C)C1. The van der Waals surface area contributed by atoms with Gasteiger partial charge in [0, 0.05) is 17.1 Å². The van der Waals surface area contributed by atoms with Crippen molar-refractivity contribution in [1.29, 1.82) is 0 Å². The first-order valence-corrected chi connectivity index (χ1v) is 11.5. The normalized spacial score (nSPS) is 20.1. The summed E-state index contributed by atoms with van der Waals surface area (Å²) in [6.07, 6.45) is 1.56. The summed E-state index contributed by atoms with van der Waals surface area (Å²) in [6.45, 7) is 18.4. The summed E-state index contributed by atoms with van der Waals surface area (Å²) < 4.78 is 0. The fourth-order valence-electron chi connectivity index (χ4n) is 5.17. The third kappa shape index (κ3) is 5.28.